The third-order valence-electron chi connectivity index (χ3n) is 2.57. The van der Waals surface area contributed by atoms with Crippen LogP contribution < -0.4 is 16.8 Å². The van der Waals surface area contributed by atoms with E-state index in [1.54, 1.807) is 0 Å². The molecule has 0 aromatic rings. The van der Waals surface area contributed by atoms with Gasteiger partial charge in [0.1, 0.15) is 6.04 Å². The number of hydrogen-bond acceptors (Lipinski definition) is 3. The summed E-state index contributed by atoms with van der Waals surface area (Å²) in [6, 6.07) is -1.17. The molecule has 0 aromatic carbocycles. The smallest absolute Gasteiger partial charge is 0.240 e. The molecule has 0 rings (SSSR count). The Kier molecular flexibility index (Phi) is 7.54. The first-order valence-electron chi connectivity index (χ1n) is 6.23. The molecule has 0 bridgehead atoms. The molecular weight excluding hydrogens is 218 g/mol. The van der Waals surface area contributed by atoms with Gasteiger partial charge in [-0.1, -0.05) is 33.6 Å². The van der Waals surface area contributed by atoms with Crippen molar-refractivity contribution in [2.75, 3.05) is 0 Å². The summed E-state index contributed by atoms with van der Waals surface area (Å²) in [5, 5.41) is 2.62. The number of unbranched alkanes of at least 4 members (excludes halogenated alkanes) is 1. The van der Waals surface area contributed by atoms with E-state index in [0.29, 0.717) is 18.8 Å². The van der Waals surface area contributed by atoms with E-state index in [2.05, 4.69) is 5.32 Å². The van der Waals surface area contributed by atoms with Crippen molar-refractivity contribution in [3.8, 4) is 0 Å². The van der Waals surface area contributed by atoms with Gasteiger partial charge in [0.15, 0.2) is 0 Å². The van der Waals surface area contributed by atoms with Crippen LogP contribution in [0.1, 0.15) is 46.5 Å². The molecule has 0 radical (unpaired) electrons. The van der Waals surface area contributed by atoms with Gasteiger partial charge >= 0.3 is 0 Å². The molecule has 0 spiro atoms. The Morgan fingerprint density at radius 3 is 2.29 bits per heavy atom. The van der Waals surface area contributed by atoms with Crippen molar-refractivity contribution < 1.29 is 9.59 Å². The normalized spacial score (nSPS) is 14.4. The summed E-state index contributed by atoms with van der Waals surface area (Å²) in [5.74, 6) is -0.444. The van der Waals surface area contributed by atoms with Gasteiger partial charge in [-0.15, -0.1) is 0 Å². The minimum Gasteiger partial charge on any atom is -0.368 e. The van der Waals surface area contributed by atoms with Crippen LogP contribution >= 0.6 is 0 Å². The molecule has 2 atom stereocenters. The molecule has 5 nitrogen and oxygen atoms in total. The Labute approximate surface area is 103 Å². The molecular formula is C12H25N3O2. The minimum absolute atomic E-state index is 0.293. The predicted molar refractivity (Wildman–Crippen MR) is 68.1 cm³/mol. The average Bonchev–Trinajstić information content (AvgIpc) is 2.22. The first-order valence-corrected chi connectivity index (χ1v) is 6.23. The SMILES string of the molecule is CCCCC(NC(=O)C(N)CC(C)C)C(N)=O. The molecule has 17 heavy (non-hydrogen) atoms. The molecule has 100 valence electrons. The van der Waals surface area contributed by atoms with Crippen LogP contribution in [-0.2, 0) is 9.59 Å². The number of primary amides is 1. The van der Waals surface area contributed by atoms with E-state index in [1.165, 1.54) is 0 Å². The van der Waals surface area contributed by atoms with Crippen LogP contribution in [0.2, 0.25) is 0 Å². The van der Waals surface area contributed by atoms with Crippen LogP contribution in [0.25, 0.3) is 0 Å². The van der Waals surface area contributed by atoms with Crippen molar-refractivity contribution in [1.29, 1.82) is 0 Å². The molecule has 0 aliphatic rings. The van der Waals surface area contributed by atoms with Crippen LogP contribution in [0.15, 0.2) is 0 Å². The number of amides is 2. The summed E-state index contributed by atoms with van der Waals surface area (Å²) >= 11 is 0. The number of carbonyl (C=O) groups excluding carboxylic acids is 2. The molecule has 0 saturated heterocycles. The zero-order chi connectivity index (χ0) is 13.4. The summed E-state index contributed by atoms with van der Waals surface area (Å²) in [6.07, 6.45) is 2.99. The Hall–Kier alpha value is -1.10. The summed E-state index contributed by atoms with van der Waals surface area (Å²) in [4.78, 5) is 22.9. The van der Waals surface area contributed by atoms with Gasteiger partial charge in [-0.05, 0) is 18.8 Å². The van der Waals surface area contributed by atoms with E-state index in [9.17, 15) is 9.59 Å². The second-order valence-corrected chi connectivity index (χ2v) is 4.84. The lowest BCUT2D eigenvalue weighted by Gasteiger charge is -2.19. The predicted octanol–water partition coefficient (Wildman–Crippen LogP) is 0.520. The fourth-order valence-electron chi connectivity index (χ4n) is 1.59. The first kappa shape index (κ1) is 15.9. The molecule has 2 unspecified atom stereocenters. The molecule has 5 heteroatoms. The zero-order valence-electron chi connectivity index (χ0n) is 11.0. The quantitative estimate of drug-likeness (QED) is 0.579. The molecule has 2 amide bonds. The van der Waals surface area contributed by atoms with Crippen molar-refractivity contribution in [3.63, 3.8) is 0 Å². The Balaban J connectivity index is 4.24. The maximum atomic E-state index is 11.7. The molecule has 0 heterocycles. The first-order chi connectivity index (χ1) is 7.88. The fourth-order valence-corrected chi connectivity index (χ4v) is 1.59. The Morgan fingerprint density at radius 2 is 1.88 bits per heavy atom. The summed E-state index contributed by atoms with van der Waals surface area (Å²) < 4.78 is 0. The van der Waals surface area contributed by atoms with Gasteiger partial charge in [0.05, 0.1) is 6.04 Å². The maximum absolute atomic E-state index is 11.7. The van der Waals surface area contributed by atoms with Gasteiger partial charge in [-0.2, -0.15) is 0 Å². The average molecular weight is 243 g/mol. The minimum atomic E-state index is -0.597. The van der Waals surface area contributed by atoms with E-state index in [1.807, 2.05) is 20.8 Å². The second-order valence-electron chi connectivity index (χ2n) is 4.84. The van der Waals surface area contributed by atoms with Crippen LogP contribution in [0.5, 0.6) is 0 Å². The van der Waals surface area contributed by atoms with Gasteiger partial charge in [0, 0.05) is 0 Å². The van der Waals surface area contributed by atoms with Gasteiger partial charge in [0.2, 0.25) is 11.8 Å². The maximum Gasteiger partial charge on any atom is 0.240 e. The lowest BCUT2D eigenvalue weighted by Crippen LogP contribution is -2.50. The van der Waals surface area contributed by atoms with Crippen LogP contribution in [0.4, 0.5) is 0 Å². The number of nitrogens with two attached hydrogens (primary N) is 2. The van der Waals surface area contributed by atoms with E-state index in [0.717, 1.165) is 12.8 Å². The molecule has 0 fully saturated rings. The third-order valence-corrected chi connectivity index (χ3v) is 2.57. The fraction of sp³-hybridized carbons (Fsp3) is 0.833. The van der Waals surface area contributed by atoms with Crippen LogP contribution in [-0.4, -0.2) is 23.9 Å². The Bertz CT molecular complexity index is 254. The molecule has 0 aromatic heterocycles. The van der Waals surface area contributed by atoms with Crippen LogP contribution in [0.3, 0.4) is 0 Å². The standard InChI is InChI=1S/C12H25N3O2/c1-4-5-6-10(11(14)16)15-12(17)9(13)7-8(2)3/h8-10H,4-7,13H2,1-3H3,(H2,14,16)(H,15,17). The summed E-state index contributed by atoms with van der Waals surface area (Å²) in [7, 11) is 0. The highest BCUT2D eigenvalue weighted by Crippen LogP contribution is 2.05. The number of hydrogen-bond donors (Lipinski definition) is 3. The van der Waals surface area contributed by atoms with Gasteiger partial charge in [-0.25, -0.2) is 0 Å². The zero-order valence-corrected chi connectivity index (χ0v) is 11.0. The molecule has 0 saturated carbocycles. The van der Waals surface area contributed by atoms with E-state index in [-0.39, 0.29) is 5.91 Å². The molecule has 0 aliphatic heterocycles. The summed E-state index contributed by atoms with van der Waals surface area (Å²) in [6.45, 7) is 6.01. The van der Waals surface area contributed by atoms with Gasteiger partial charge in [0.25, 0.3) is 0 Å². The van der Waals surface area contributed by atoms with Crippen molar-refractivity contribution >= 4 is 11.8 Å². The van der Waals surface area contributed by atoms with Crippen LogP contribution in [0, 0.1) is 5.92 Å². The highest BCUT2D eigenvalue weighted by Gasteiger charge is 2.21. The van der Waals surface area contributed by atoms with Gasteiger partial charge in [-0.3, -0.25) is 9.59 Å². The second kappa shape index (κ2) is 8.06. The van der Waals surface area contributed by atoms with Gasteiger partial charge < -0.3 is 16.8 Å². The highest BCUT2D eigenvalue weighted by atomic mass is 16.2. The number of carbonyl (C=O) groups is 2. The monoisotopic (exact) mass is 243 g/mol. The van der Waals surface area contributed by atoms with E-state index >= 15 is 0 Å². The molecule has 5 N–H and O–H groups in total. The molecule has 0 aliphatic carbocycles. The lowest BCUT2D eigenvalue weighted by atomic mass is 10.0. The highest BCUT2D eigenvalue weighted by molar-refractivity contribution is 5.88. The van der Waals surface area contributed by atoms with E-state index in [4.69, 9.17) is 11.5 Å². The number of rotatable bonds is 8. The lowest BCUT2D eigenvalue weighted by molar-refractivity contribution is -0.128. The largest absolute Gasteiger partial charge is 0.368 e. The third kappa shape index (κ3) is 6.94. The topological polar surface area (TPSA) is 98.2 Å². The number of nitrogens with one attached hydrogen (secondary N) is 1. The van der Waals surface area contributed by atoms with Crippen molar-refractivity contribution in [2.24, 2.45) is 17.4 Å². The van der Waals surface area contributed by atoms with E-state index < -0.39 is 18.0 Å². The van der Waals surface area contributed by atoms with Crippen molar-refractivity contribution in [1.82, 2.24) is 5.32 Å². The summed E-state index contributed by atoms with van der Waals surface area (Å²) in [5.41, 5.74) is 11.0. The Morgan fingerprint density at radius 1 is 1.29 bits per heavy atom. The van der Waals surface area contributed by atoms with Crippen molar-refractivity contribution in [3.05, 3.63) is 0 Å². The van der Waals surface area contributed by atoms with Crippen molar-refractivity contribution in [2.45, 2.75) is 58.5 Å².